The molecule has 0 spiro atoms. The third-order valence-electron chi connectivity index (χ3n) is 1.89. The van der Waals surface area contributed by atoms with Crippen molar-refractivity contribution in [2.24, 2.45) is 0 Å². The van der Waals surface area contributed by atoms with Gasteiger partial charge in [0.1, 0.15) is 10.4 Å². The maximum absolute atomic E-state index is 11.7. The first-order valence-electron chi connectivity index (χ1n) is 4.88. The summed E-state index contributed by atoms with van der Waals surface area (Å²) in [5.41, 5.74) is 0.262. The third-order valence-corrected chi connectivity index (χ3v) is 3.38. The summed E-state index contributed by atoms with van der Waals surface area (Å²) in [5.74, 6) is -0.933. The molecule has 1 aromatic rings. The van der Waals surface area contributed by atoms with E-state index in [0.717, 1.165) is 11.3 Å². The van der Waals surface area contributed by atoms with Gasteiger partial charge in [-0.1, -0.05) is 23.2 Å². The minimum absolute atomic E-state index is 0.262. The minimum Gasteiger partial charge on any atom is -0.464 e. The third kappa shape index (κ3) is 3.87. The van der Waals surface area contributed by atoms with E-state index in [1.165, 1.54) is 13.0 Å². The Hall–Kier alpha value is -0.780. The van der Waals surface area contributed by atoms with Crippen LogP contribution in [0.5, 0.6) is 0 Å². The van der Waals surface area contributed by atoms with E-state index in [-0.39, 0.29) is 12.2 Å². The highest BCUT2D eigenvalue weighted by molar-refractivity contribution is 7.20. The van der Waals surface area contributed by atoms with Gasteiger partial charge in [0, 0.05) is 0 Å². The van der Waals surface area contributed by atoms with Gasteiger partial charge < -0.3 is 10.1 Å². The number of hydrogen-bond acceptors (Lipinski definition) is 4. The summed E-state index contributed by atoms with van der Waals surface area (Å²) < 4.78 is 5.48. The molecule has 1 rings (SSSR count). The second kappa shape index (κ2) is 6.23. The Bertz CT molecular complexity index is 433. The fourth-order valence-electron chi connectivity index (χ4n) is 1.10. The Morgan fingerprint density at radius 3 is 2.65 bits per heavy atom. The van der Waals surface area contributed by atoms with Crippen LogP contribution in [-0.4, -0.2) is 24.5 Å². The van der Waals surface area contributed by atoms with Crippen molar-refractivity contribution in [3.8, 4) is 0 Å². The van der Waals surface area contributed by atoms with Crippen LogP contribution in [0.3, 0.4) is 0 Å². The first kappa shape index (κ1) is 14.3. The molecule has 94 valence electrons. The van der Waals surface area contributed by atoms with Gasteiger partial charge >= 0.3 is 5.97 Å². The molecular formula is C10H11Cl2NO3S. The normalized spacial score (nSPS) is 12.0. The SMILES string of the molecule is CCOC(=O)[C@H](C)NC(=O)c1cc(Cl)sc1Cl. The minimum atomic E-state index is -0.725. The number of amides is 1. The lowest BCUT2D eigenvalue weighted by atomic mass is 10.2. The van der Waals surface area contributed by atoms with Crippen LogP contribution in [0.2, 0.25) is 8.67 Å². The van der Waals surface area contributed by atoms with Gasteiger partial charge in [-0.2, -0.15) is 0 Å². The molecule has 1 amide bonds. The molecule has 17 heavy (non-hydrogen) atoms. The number of nitrogens with one attached hydrogen (secondary N) is 1. The Kier molecular flexibility index (Phi) is 5.24. The molecule has 1 N–H and O–H groups in total. The Morgan fingerprint density at radius 2 is 2.18 bits per heavy atom. The summed E-state index contributed by atoms with van der Waals surface area (Å²) in [4.78, 5) is 23.0. The zero-order valence-electron chi connectivity index (χ0n) is 9.25. The largest absolute Gasteiger partial charge is 0.464 e. The Morgan fingerprint density at radius 1 is 1.53 bits per heavy atom. The van der Waals surface area contributed by atoms with Crippen LogP contribution in [-0.2, 0) is 9.53 Å². The van der Waals surface area contributed by atoms with Crippen molar-refractivity contribution in [1.82, 2.24) is 5.32 Å². The number of rotatable bonds is 4. The zero-order chi connectivity index (χ0) is 13.0. The average Bonchev–Trinajstić information content (AvgIpc) is 2.58. The second-order valence-electron chi connectivity index (χ2n) is 3.19. The molecule has 0 aliphatic carbocycles. The van der Waals surface area contributed by atoms with E-state index in [1.54, 1.807) is 6.92 Å². The summed E-state index contributed by atoms with van der Waals surface area (Å²) >= 11 is 12.6. The van der Waals surface area contributed by atoms with Gasteiger partial charge in [0.25, 0.3) is 5.91 Å². The lowest BCUT2D eigenvalue weighted by molar-refractivity contribution is -0.144. The van der Waals surface area contributed by atoms with Crippen molar-refractivity contribution in [2.75, 3.05) is 6.61 Å². The van der Waals surface area contributed by atoms with Crippen LogP contribution in [0.1, 0.15) is 24.2 Å². The second-order valence-corrected chi connectivity index (χ2v) is 5.47. The number of carbonyl (C=O) groups is 2. The molecule has 0 fully saturated rings. The van der Waals surface area contributed by atoms with E-state index < -0.39 is 17.9 Å². The van der Waals surface area contributed by atoms with Crippen molar-refractivity contribution < 1.29 is 14.3 Å². The smallest absolute Gasteiger partial charge is 0.328 e. The monoisotopic (exact) mass is 295 g/mol. The van der Waals surface area contributed by atoms with Crippen LogP contribution in [0.4, 0.5) is 0 Å². The molecule has 1 atom stereocenters. The first-order valence-corrected chi connectivity index (χ1v) is 6.45. The van der Waals surface area contributed by atoms with Crippen LogP contribution in [0.15, 0.2) is 6.07 Å². The molecule has 0 aromatic carbocycles. The van der Waals surface area contributed by atoms with E-state index in [2.05, 4.69) is 5.32 Å². The fraction of sp³-hybridized carbons (Fsp3) is 0.400. The molecule has 0 aliphatic rings. The van der Waals surface area contributed by atoms with Gasteiger partial charge in [0.2, 0.25) is 0 Å². The molecule has 0 saturated carbocycles. The lowest BCUT2D eigenvalue weighted by Gasteiger charge is -2.11. The van der Waals surface area contributed by atoms with Crippen molar-refractivity contribution in [1.29, 1.82) is 0 Å². The van der Waals surface area contributed by atoms with Crippen LogP contribution in [0.25, 0.3) is 0 Å². The van der Waals surface area contributed by atoms with E-state index in [1.807, 2.05) is 0 Å². The lowest BCUT2D eigenvalue weighted by Crippen LogP contribution is -2.39. The number of thiophene rings is 1. The highest BCUT2D eigenvalue weighted by Crippen LogP contribution is 2.30. The number of esters is 1. The van der Waals surface area contributed by atoms with Crippen LogP contribution >= 0.6 is 34.5 Å². The first-order chi connectivity index (χ1) is 7.95. The zero-order valence-corrected chi connectivity index (χ0v) is 11.6. The predicted molar refractivity (Wildman–Crippen MR) is 67.9 cm³/mol. The number of carbonyl (C=O) groups excluding carboxylic acids is 2. The molecule has 1 heterocycles. The number of halogens is 2. The van der Waals surface area contributed by atoms with Gasteiger partial charge in [0.05, 0.1) is 16.5 Å². The predicted octanol–water partition coefficient (Wildman–Crippen LogP) is 2.74. The maximum Gasteiger partial charge on any atom is 0.328 e. The van der Waals surface area contributed by atoms with Crippen molar-refractivity contribution in [3.63, 3.8) is 0 Å². The molecule has 0 bridgehead atoms. The van der Waals surface area contributed by atoms with Crippen LogP contribution in [0, 0.1) is 0 Å². The highest BCUT2D eigenvalue weighted by Gasteiger charge is 2.20. The van der Waals surface area contributed by atoms with Gasteiger partial charge in [0.15, 0.2) is 0 Å². The molecule has 0 unspecified atom stereocenters. The number of hydrogen-bond donors (Lipinski definition) is 1. The van der Waals surface area contributed by atoms with Crippen molar-refractivity contribution >= 4 is 46.4 Å². The van der Waals surface area contributed by atoms with Crippen LogP contribution < -0.4 is 5.32 Å². The van der Waals surface area contributed by atoms with Gasteiger partial charge in [-0.3, -0.25) is 4.79 Å². The van der Waals surface area contributed by atoms with Gasteiger partial charge in [-0.25, -0.2) is 4.79 Å². The van der Waals surface area contributed by atoms with E-state index >= 15 is 0 Å². The molecule has 0 radical (unpaired) electrons. The van der Waals surface area contributed by atoms with Gasteiger partial charge in [-0.15, -0.1) is 11.3 Å². The molecule has 0 aliphatic heterocycles. The summed E-state index contributed by atoms with van der Waals surface area (Å²) in [5, 5.41) is 2.49. The highest BCUT2D eigenvalue weighted by atomic mass is 35.5. The van der Waals surface area contributed by atoms with Crippen molar-refractivity contribution in [3.05, 3.63) is 20.3 Å². The Balaban J connectivity index is 2.66. The maximum atomic E-state index is 11.7. The summed E-state index contributed by atoms with van der Waals surface area (Å²) in [6, 6.07) is 0.735. The van der Waals surface area contributed by atoms with E-state index in [0.29, 0.717) is 8.67 Å². The molecule has 1 aromatic heterocycles. The summed E-state index contributed by atoms with van der Waals surface area (Å²) in [6.45, 7) is 3.50. The average molecular weight is 296 g/mol. The molecule has 0 saturated heterocycles. The van der Waals surface area contributed by atoms with Crippen molar-refractivity contribution in [2.45, 2.75) is 19.9 Å². The topological polar surface area (TPSA) is 55.4 Å². The quantitative estimate of drug-likeness (QED) is 0.869. The molecule has 7 heteroatoms. The Labute approximate surface area is 113 Å². The van der Waals surface area contributed by atoms with E-state index in [4.69, 9.17) is 27.9 Å². The standard InChI is InChI=1S/C10H11Cl2NO3S/c1-3-16-10(15)5(2)13-9(14)6-4-7(11)17-8(6)12/h4-5H,3H2,1-2H3,(H,13,14)/t5-/m0/s1. The van der Waals surface area contributed by atoms with E-state index in [9.17, 15) is 9.59 Å². The molecular weight excluding hydrogens is 285 g/mol. The summed E-state index contributed by atoms with van der Waals surface area (Å²) in [6.07, 6.45) is 0. The fourth-order valence-corrected chi connectivity index (χ4v) is 2.55. The van der Waals surface area contributed by atoms with Gasteiger partial charge in [-0.05, 0) is 19.9 Å². The summed E-state index contributed by atoms with van der Waals surface area (Å²) in [7, 11) is 0. The molecule has 4 nitrogen and oxygen atoms in total. The number of ether oxygens (including phenoxy) is 1.